The van der Waals surface area contributed by atoms with Crippen molar-refractivity contribution in [2.75, 3.05) is 32.5 Å². The molecule has 38 heavy (non-hydrogen) atoms. The third-order valence-electron chi connectivity index (χ3n) is 7.27. The number of amides is 1. The fourth-order valence-corrected chi connectivity index (χ4v) is 6.97. The molecule has 0 aliphatic heterocycles. The molecule has 0 unspecified atom stereocenters. The summed E-state index contributed by atoms with van der Waals surface area (Å²) in [6, 6.07) is 5.51. The monoisotopic (exact) mass is 553 g/mol. The number of nitrogen functional groups attached to an aromatic ring is 1. The van der Waals surface area contributed by atoms with Gasteiger partial charge < -0.3 is 20.9 Å². The van der Waals surface area contributed by atoms with Crippen LogP contribution in [0.25, 0.3) is 0 Å². The number of aliphatic hydroxyl groups is 1. The van der Waals surface area contributed by atoms with Crippen molar-refractivity contribution in [2.24, 2.45) is 17.8 Å². The van der Waals surface area contributed by atoms with Crippen molar-refractivity contribution >= 4 is 27.6 Å². The number of aliphatic hydroxyl groups excluding tert-OH is 1. The maximum absolute atomic E-state index is 13.4. The van der Waals surface area contributed by atoms with Crippen LogP contribution in [-0.4, -0.2) is 62.6 Å². The highest BCUT2D eigenvalue weighted by Crippen LogP contribution is 2.30. The second-order valence-electron chi connectivity index (χ2n) is 10.9. The van der Waals surface area contributed by atoms with Crippen LogP contribution in [0.15, 0.2) is 29.2 Å². The minimum absolute atomic E-state index is 0.0720. The average molecular weight is 554 g/mol. The molecule has 1 fully saturated rings. The first kappa shape index (κ1) is 32.0. The molecule has 1 saturated carbocycles. The lowest BCUT2D eigenvalue weighted by Crippen LogP contribution is -2.44. The third-order valence-corrected chi connectivity index (χ3v) is 9.20. The fraction of sp³-hybridized carbons (Fsp3) is 0.714. The predicted octanol–water partition coefficient (Wildman–Crippen LogP) is 3.71. The molecule has 10 heteroatoms. The quantitative estimate of drug-likeness (QED) is 0.161. The predicted molar refractivity (Wildman–Crippen MR) is 149 cm³/mol. The van der Waals surface area contributed by atoms with Crippen molar-refractivity contribution in [1.29, 1.82) is 0 Å². The molecule has 0 saturated heterocycles. The van der Waals surface area contributed by atoms with Crippen LogP contribution in [-0.2, 0) is 24.3 Å². The Morgan fingerprint density at radius 1 is 1.13 bits per heavy atom. The second-order valence-corrected chi connectivity index (χ2v) is 12.8. The van der Waals surface area contributed by atoms with Crippen LogP contribution < -0.4 is 11.1 Å². The number of methoxy groups -OCH3 is 1. The SMILES string of the molecule is COC(=O)C[C@@H](CC1CCCCC1)C(=O)NCCCC[C@H](CO)N(CC(C)C)S(=O)(=O)c1ccc(N)cc1. The first-order valence-electron chi connectivity index (χ1n) is 13.9. The number of sulfonamides is 1. The van der Waals surface area contributed by atoms with Gasteiger partial charge in [-0.3, -0.25) is 9.59 Å². The van der Waals surface area contributed by atoms with Crippen molar-refractivity contribution in [3.63, 3.8) is 0 Å². The lowest BCUT2D eigenvalue weighted by molar-refractivity contribution is -0.144. The molecule has 1 aromatic rings. The molecule has 1 aliphatic carbocycles. The van der Waals surface area contributed by atoms with Crippen molar-refractivity contribution in [2.45, 2.75) is 89.0 Å². The standard InChI is InChI=1S/C28H47N3O6S/c1-21(2)19-31(38(35,36)26-14-12-24(29)13-15-26)25(20-32)11-7-8-16-30-28(34)23(18-27(33)37-3)17-22-9-5-4-6-10-22/h12-15,21-23,25,32H,4-11,16-20,29H2,1-3H3,(H,30,34)/t23-,25-/m1/s1. The van der Waals surface area contributed by atoms with Crippen LogP contribution in [0.3, 0.4) is 0 Å². The molecule has 2 atom stereocenters. The zero-order valence-electron chi connectivity index (χ0n) is 23.2. The van der Waals surface area contributed by atoms with Gasteiger partial charge in [-0.1, -0.05) is 52.4 Å². The van der Waals surface area contributed by atoms with Gasteiger partial charge in [0.1, 0.15) is 0 Å². The summed E-state index contributed by atoms with van der Waals surface area (Å²) in [5.74, 6) is -0.374. The fourth-order valence-electron chi connectivity index (χ4n) is 5.16. The van der Waals surface area contributed by atoms with E-state index < -0.39 is 22.0 Å². The molecule has 0 aromatic heterocycles. The molecule has 0 heterocycles. The van der Waals surface area contributed by atoms with Crippen molar-refractivity contribution in [1.82, 2.24) is 9.62 Å². The number of unbranched alkanes of at least 4 members (excludes halogenated alkanes) is 1. The van der Waals surface area contributed by atoms with E-state index in [0.717, 1.165) is 12.8 Å². The highest BCUT2D eigenvalue weighted by atomic mass is 32.2. The molecular weight excluding hydrogens is 506 g/mol. The molecule has 0 spiro atoms. The maximum atomic E-state index is 13.4. The molecule has 2 rings (SSSR count). The normalized spacial score (nSPS) is 16.4. The number of hydrogen-bond acceptors (Lipinski definition) is 7. The number of anilines is 1. The minimum Gasteiger partial charge on any atom is -0.469 e. The lowest BCUT2D eigenvalue weighted by Gasteiger charge is -2.31. The molecule has 1 aromatic carbocycles. The van der Waals surface area contributed by atoms with E-state index in [2.05, 4.69) is 5.32 Å². The molecule has 0 radical (unpaired) electrons. The largest absolute Gasteiger partial charge is 0.469 e. The molecular formula is C28H47N3O6S. The number of rotatable bonds is 16. The summed E-state index contributed by atoms with van der Waals surface area (Å²) in [5.41, 5.74) is 6.20. The Morgan fingerprint density at radius 3 is 2.37 bits per heavy atom. The van der Waals surface area contributed by atoms with Crippen LogP contribution in [0, 0.1) is 17.8 Å². The Kier molecular flexibility index (Phi) is 13.5. The Bertz CT molecular complexity index is 961. The van der Waals surface area contributed by atoms with Gasteiger partial charge in [-0.25, -0.2) is 8.42 Å². The first-order chi connectivity index (χ1) is 18.1. The van der Waals surface area contributed by atoms with E-state index in [1.54, 1.807) is 12.1 Å². The van der Waals surface area contributed by atoms with E-state index in [1.807, 2.05) is 13.8 Å². The van der Waals surface area contributed by atoms with Gasteiger partial charge in [0.2, 0.25) is 15.9 Å². The summed E-state index contributed by atoms with van der Waals surface area (Å²) in [6.07, 6.45) is 8.26. The van der Waals surface area contributed by atoms with Crippen LogP contribution >= 0.6 is 0 Å². The van der Waals surface area contributed by atoms with E-state index >= 15 is 0 Å². The van der Waals surface area contributed by atoms with E-state index in [0.29, 0.717) is 43.8 Å². The number of hydrogen-bond donors (Lipinski definition) is 3. The Morgan fingerprint density at radius 2 is 1.79 bits per heavy atom. The van der Waals surface area contributed by atoms with Crippen LogP contribution in [0.2, 0.25) is 0 Å². The summed E-state index contributed by atoms with van der Waals surface area (Å²) in [7, 11) is -2.48. The van der Waals surface area contributed by atoms with E-state index in [-0.39, 0.29) is 42.3 Å². The average Bonchev–Trinajstić information content (AvgIpc) is 2.89. The maximum Gasteiger partial charge on any atom is 0.306 e. The van der Waals surface area contributed by atoms with Gasteiger partial charge in [0, 0.05) is 30.7 Å². The van der Waals surface area contributed by atoms with E-state index in [1.165, 1.54) is 42.8 Å². The van der Waals surface area contributed by atoms with Gasteiger partial charge in [-0.15, -0.1) is 0 Å². The number of nitrogens with zero attached hydrogens (tertiary/aromatic N) is 1. The lowest BCUT2D eigenvalue weighted by atomic mass is 9.81. The number of nitrogens with two attached hydrogens (primary N) is 1. The number of carbonyl (C=O) groups is 2. The number of ether oxygens (including phenoxy) is 1. The Balaban J connectivity index is 1.93. The third kappa shape index (κ3) is 10.2. The van der Waals surface area contributed by atoms with Crippen LogP contribution in [0.1, 0.15) is 78.1 Å². The van der Waals surface area contributed by atoms with Gasteiger partial charge in [0.25, 0.3) is 0 Å². The number of esters is 1. The number of carbonyl (C=O) groups excluding carboxylic acids is 2. The number of nitrogens with one attached hydrogen (secondary N) is 1. The van der Waals surface area contributed by atoms with Crippen LogP contribution in [0.5, 0.6) is 0 Å². The summed E-state index contributed by atoms with van der Waals surface area (Å²) in [5, 5.41) is 13.1. The van der Waals surface area contributed by atoms with Crippen molar-refractivity contribution in [3.8, 4) is 0 Å². The molecule has 216 valence electrons. The van der Waals surface area contributed by atoms with Gasteiger partial charge in [0.05, 0.1) is 25.0 Å². The zero-order valence-corrected chi connectivity index (χ0v) is 24.0. The topological polar surface area (TPSA) is 139 Å². The summed E-state index contributed by atoms with van der Waals surface area (Å²) in [6.45, 7) is 4.29. The van der Waals surface area contributed by atoms with Gasteiger partial charge in [0.15, 0.2) is 0 Å². The summed E-state index contributed by atoms with van der Waals surface area (Å²) < 4.78 is 33.0. The van der Waals surface area contributed by atoms with E-state index in [9.17, 15) is 23.1 Å². The zero-order chi connectivity index (χ0) is 28.1. The van der Waals surface area contributed by atoms with Gasteiger partial charge in [-0.2, -0.15) is 4.31 Å². The van der Waals surface area contributed by atoms with Gasteiger partial charge >= 0.3 is 5.97 Å². The molecule has 4 N–H and O–H groups in total. The summed E-state index contributed by atoms with van der Waals surface area (Å²) in [4.78, 5) is 25.0. The minimum atomic E-state index is -3.82. The molecule has 1 aliphatic rings. The molecule has 0 bridgehead atoms. The second kappa shape index (κ2) is 16.1. The van der Waals surface area contributed by atoms with Gasteiger partial charge in [-0.05, 0) is 55.4 Å². The van der Waals surface area contributed by atoms with E-state index in [4.69, 9.17) is 10.5 Å². The highest BCUT2D eigenvalue weighted by Gasteiger charge is 2.32. The number of benzene rings is 1. The Hall–Kier alpha value is -2.17. The van der Waals surface area contributed by atoms with Crippen molar-refractivity contribution < 1.29 is 27.9 Å². The first-order valence-corrected chi connectivity index (χ1v) is 15.3. The summed E-state index contributed by atoms with van der Waals surface area (Å²) >= 11 is 0. The smallest absolute Gasteiger partial charge is 0.306 e. The van der Waals surface area contributed by atoms with Crippen LogP contribution in [0.4, 0.5) is 5.69 Å². The van der Waals surface area contributed by atoms with Crippen molar-refractivity contribution in [3.05, 3.63) is 24.3 Å². The highest BCUT2D eigenvalue weighted by molar-refractivity contribution is 7.89. The molecule has 1 amide bonds. The molecule has 9 nitrogen and oxygen atoms in total. The Labute approximate surface area is 228 Å².